The van der Waals surface area contributed by atoms with Crippen LogP contribution in [0, 0.1) is 0 Å². The third-order valence-corrected chi connectivity index (χ3v) is 5.32. The molecule has 3 heteroatoms. The van der Waals surface area contributed by atoms with Crippen molar-refractivity contribution in [2.45, 2.75) is 77.3 Å². The maximum Gasteiger partial charge on any atom is 0.0235 e. The minimum Gasteiger partial charge on any atom is -0.313 e. The normalized spacial score (nSPS) is 26.3. The molecule has 0 spiro atoms. The molecule has 21 heavy (non-hydrogen) atoms. The predicted octanol–water partition coefficient (Wildman–Crippen LogP) is 3.11. The van der Waals surface area contributed by atoms with E-state index in [2.05, 4.69) is 29.0 Å². The van der Waals surface area contributed by atoms with Gasteiger partial charge in [-0.05, 0) is 52.2 Å². The largest absolute Gasteiger partial charge is 0.313 e. The van der Waals surface area contributed by atoms with Crippen molar-refractivity contribution < 1.29 is 0 Å². The van der Waals surface area contributed by atoms with Gasteiger partial charge in [-0.25, -0.2) is 0 Å². The van der Waals surface area contributed by atoms with E-state index in [9.17, 15) is 0 Å². The highest BCUT2D eigenvalue weighted by Crippen LogP contribution is 2.19. The molecule has 124 valence electrons. The number of rotatable bonds is 9. The molecule has 2 fully saturated rings. The molecule has 2 heterocycles. The molecule has 0 bridgehead atoms. The Kier molecular flexibility index (Phi) is 8.05. The molecule has 0 aromatic rings. The number of hydrogen-bond acceptors (Lipinski definition) is 3. The Morgan fingerprint density at radius 3 is 2.67 bits per heavy atom. The van der Waals surface area contributed by atoms with Crippen LogP contribution in [0.4, 0.5) is 0 Å². The second-order valence-corrected chi connectivity index (χ2v) is 7.19. The first-order chi connectivity index (χ1) is 10.3. The standard InChI is InChI=1S/C18H37N3/c1-3-4-6-9-17(2)19-11-15-20-14-10-18(16-20)21-12-7-5-8-13-21/h17-19H,3-16H2,1-2H3. The van der Waals surface area contributed by atoms with Crippen molar-refractivity contribution in [2.75, 3.05) is 39.3 Å². The lowest BCUT2D eigenvalue weighted by Crippen LogP contribution is -2.42. The average molecular weight is 296 g/mol. The summed E-state index contributed by atoms with van der Waals surface area (Å²) in [4.78, 5) is 5.43. The SMILES string of the molecule is CCCCCC(C)NCCN1CCC(N2CCCCC2)C1. The van der Waals surface area contributed by atoms with Crippen LogP contribution in [0.25, 0.3) is 0 Å². The maximum atomic E-state index is 3.71. The van der Waals surface area contributed by atoms with Gasteiger partial charge in [-0.2, -0.15) is 0 Å². The Labute approximate surface area is 132 Å². The fourth-order valence-electron chi connectivity index (χ4n) is 3.87. The zero-order valence-electron chi connectivity index (χ0n) is 14.4. The summed E-state index contributed by atoms with van der Waals surface area (Å²) in [7, 11) is 0. The van der Waals surface area contributed by atoms with Gasteiger partial charge in [0.1, 0.15) is 0 Å². The fourth-order valence-corrected chi connectivity index (χ4v) is 3.87. The zero-order valence-corrected chi connectivity index (χ0v) is 14.4. The van der Waals surface area contributed by atoms with Gasteiger partial charge in [-0.3, -0.25) is 4.90 Å². The van der Waals surface area contributed by atoms with Crippen molar-refractivity contribution in [3.05, 3.63) is 0 Å². The number of nitrogens with one attached hydrogen (secondary N) is 1. The summed E-state index contributed by atoms with van der Waals surface area (Å²) in [6.45, 7) is 12.4. The monoisotopic (exact) mass is 295 g/mol. The van der Waals surface area contributed by atoms with Crippen molar-refractivity contribution in [1.82, 2.24) is 15.1 Å². The third kappa shape index (κ3) is 6.25. The molecule has 0 amide bonds. The second kappa shape index (κ2) is 9.81. The molecule has 0 aromatic carbocycles. The molecular weight excluding hydrogens is 258 g/mol. The van der Waals surface area contributed by atoms with Crippen molar-refractivity contribution in [3.63, 3.8) is 0 Å². The molecule has 2 saturated heterocycles. The number of unbranched alkanes of at least 4 members (excludes halogenated alkanes) is 2. The highest BCUT2D eigenvalue weighted by molar-refractivity contribution is 4.85. The molecule has 2 atom stereocenters. The van der Waals surface area contributed by atoms with Gasteiger partial charge in [0.15, 0.2) is 0 Å². The van der Waals surface area contributed by atoms with Crippen LogP contribution in [0.2, 0.25) is 0 Å². The van der Waals surface area contributed by atoms with Crippen molar-refractivity contribution in [2.24, 2.45) is 0 Å². The fraction of sp³-hybridized carbons (Fsp3) is 1.00. The van der Waals surface area contributed by atoms with Gasteiger partial charge in [0, 0.05) is 31.7 Å². The van der Waals surface area contributed by atoms with Crippen LogP contribution in [-0.4, -0.2) is 61.2 Å². The van der Waals surface area contributed by atoms with Crippen LogP contribution in [-0.2, 0) is 0 Å². The minimum absolute atomic E-state index is 0.692. The van der Waals surface area contributed by atoms with E-state index in [4.69, 9.17) is 0 Å². The van der Waals surface area contributed by atoms with E-state index >= 15 is 0 Å². The van der Waals surface area contributed by atoms with Gasteiger partial charge in [0.05, 0.1) is 0 Å². The summed E-state index contributed by atoms with van der Waals surface area (Å²) < 4.78 is 0. The summed E-state index contributed by atoms with van der Waals surface area (Å²) in [5.74, 6) is 0. The topological polar surface area (TPSA) is 18.5 Å². The highest BCUT2D eigenvalue weighted by atomic mass is 15.3. The van der Waals surface area contributed by atoms with Crippen molar-refractivity contribution in [3.8, 4) is 0 Å². The predicted molar refractivity (Wildman–Crippen MR) is 91.9 cm³/mol. The number of likely N-dealkylation sites (tertiary alicyclic amines) is 2. The maximum absolute atomic E-state index is 3.71. The molecular formula is C18H37N3. The molecule has 2 aliphatic rings. The molecule has 3 nitrogen and oxygen atoms in total. The van der Waals surface area contributed by atoms with Crippen molar-refractivity contribution >= 4 is 0 Å². The molecule has 0 aliphatic carbocycles. The van der Waals surface area contributed by atoms with Crippen molar-refractivity contribution in [1.29, 1.82) is 0 Å². The highest BCUT2D eigenvalue weighted by Gasteiger charge is 2.27. The summed E-state index contributed by atoms with van der Waals surface area (Å²) in [5.41, 5.74) is 0. The lowest BCUT2D eigenvalue weighted by Gasteiger charge is -2.32. The molecule has 2 unspecified atom stereocenters. The van der Waals surface area contributed by atoms with Crippen LogP contribution >= 0.6 is 0 Å². The van der Waals surface area contributed by atoms with E-state index in [-0.39, 0.29) is 0 Å². The van der Waals surface area contributed by atoms with Crippen LogP contribution in [0.3, 0.4) is 0 Å². The smallest absolute Gasteiger partial charge is 0.0235 e. The van der Waals surface area contributed by atoms with Gasteiger partial charge in [-0.1, -0.05) is 32.6 Å². The Morgan fingerprint density at radius 2 is 1.90 bits per heavy atom. The minimum atomic E-state index is 0.692. The van der Waals surface area contributed by atoms with E-state index in [0.717, 1.165) is 6.04 Å². The third-order valence-electron chi connectivity index (χ3n) is 5.32. The quantitative estimate of drug-likeness (QED) is 0.659. The van der Waals surface area contributed by atoms with E-state index < -0.39 is 0 Å². The Balaban J connectivity index is 1.53. The van der Waals surface area contributed by atoms with Gasteiger partial charge in [0.25, 0.3) is 0 Å². The van der Waals surface area contributed by atoms with Gasteiger partial charge >= 0.3 is 0 Å². The lowest BCUT2D eigenvalue weighted by molar-refractivity contribution is 0.162. The van der Waals surface area contributed by atoms with E-state index in [0.29, 0.717) is 6.04 Å². The Bertz CT molecular complexity index is 263. The summed E-state index contributed by atoms with van der Waals surface area (Å²) in [6.07, 6.45) is 11.1. The summed E-state index contributed by atoms with van der Waals surface area (Å²) in [6, 6.07) is 1.55. The zero-order chi connectivity index (χ0) is 14.9. The molecule has 0 radical (unpaired) electrons. The first kappa shape index (κ1) is 17.2. The number of hydrogen-bond donors (Lipinski definition) is 1. The van der Waals surface area contributed by atoms with Gasteiger partial charge < -0.3 is 10.2 Å². The number of nitrogens with zero attached hydrogens (tertiary/aromatic N) is 2. The second-order valence-electron chi connectivity index (χ2n) is 7.19. The van der Waals surface area contributed by atoms with E-state index in [1.807, 2.05) is 0 Å². The van der Waals surface area contributed by atoms with Crippen LogP contribution in [0.15, 0.2) is 0 Å². The van der Waals surface area contributed by atoms with E-state index in [1.165, 1.54) is 90.6 Å². The van der Waals surface area contributed by atoms with E-state index in [1.54, 1.807) is 0 Å². The lowest BCUT2D eigenvalue weighted by atomic mass is 10.1. The molecule has 1 N–H and O–H groups in total. The Hall–Kier alpha value is -0.120. The average Bonchev–Trinajstić information content (AvgIpc) is 2.97. The summed E-state index contributed by atoms with van der Waals surface area (Å²) in [5, 5.41) is 3.71. The Morgan fingerprint density at radius 1 is 1.10 bits per heavy atom. The van der Waals surface area contributed by atoms with Crippen LogP contribution in [0.1, 0.15) is 65.2 Å². The molecule has 0 saturated carbocycles. The van der Waals surface area contributed by atoms with Crippen LogP contribution < -0.4 is 5.32 Å². The molecule has 2 aliphatic heterocycles. The number of piperidine rings is 1. The van der Waals surface area contributed by atoms with Crippen LogP contribution in [0.5, 0.6) is 0 Å². The molecule has 0 aromatic heterocycles. The first-order valence-corrected chi connectivity index (χ1v) is 9.49. The summed E-state index contributed by atoms with van der Waals surface area (Å²) >= 11 is 0. The first-order valence-electron chi connectivity index (χ1n) is 9.49. The molecule has 2 rings (SSSR count). The van der Waals surface area contributed by atoms with Gasteiger partial charge in [0.2, 0.25) is 0 Å². The van der Waals surface area contributed by atoms with Gasteiger partial charge in [-0.15, -0.1) is 0 Å².